The summed E-state index contributed by atoms with van der Waals surface area (Å²) in [5, 5.41) is 0. The maximum Gasteiger partial charge on any atom is 0.330 e. The van der Waals surface area contributed by atoms with Crippen LogP contribution in [-0.4, -0.2) is 19.4 Å². The van der Waals surface area contributed by atoms with E-state index in [0.717, 1.165) is 11.1 Å². The normalized spacial score (nSPS) is 17.5. The smallest absolute Gasteiger partial charge is 0.330 e. The van der Waals surface area contributed by atoms with Gasteiger partial charge in [0, 0.05) is 6.08 Å². The van der Waals surface area contributed by atoms with Crippen LogP contribution in [0, 0.1) is 0 Å². The molecule has 0 saturated heterocycles. The monoisotopic (exact) mass is 272 g/mol. The number of rotatable bonds is 4. The third kappa shape index (κ3) is 3.75. The lowest BCUT2D eigenvalue weighted by molar-refractivity contribution is -0.134. The van der Waals surface area contributed by atoms with Crippen LogP contribution in [-0.2, 0) is 14.3 Å². The van der Waals surface area contributed by atoms with Gasteiger partial charge >= 0.3 is 5.97 Å². The molecule has 0 bridgehead atoms. The topological polar surface area (TPSA) is 44.8 Å². The van der Waals surface area contributed by atoms with E-state index in [2.05, 4.69) is 4.74 Å². The number of allylic oxidation sites excluding steroid dienone is 3. The summed E-state index contributed by atoms with van der Waals surface area (Å²) >= 11 is 0. The molecule has 0 aromatic heterocycles. The maximum atomic E-state index is 11.2. The van der Waals surface area contributed by atoms with Crippen molar-refractivity contribution in [3.05, 3.63) is 60.4 Å². The minimum Gasteiger partial charge on any atom is -0.466 e. The minimum atomic E-state index is -0.430. The highest BCUT2D eigenvalue weighted by atomic mass is 16.7. The van der Waals surface area contributed by atoms with E-state index in [0.29, 0.717) is 5.75 Å². The van der Waals surface area contributed by atoms with Gasteiger partial charge < -0.3 is 14.2 Å². The molecule has 0 N–H and O–H groups in total. The molecule has 0 radical (unpaired) electrons. The van der Waals surface area contributed by atoms with Crippen molar-refractivity contribution in [3.8, 4) is 5.75 Å². The third-order valence-electron chi connectivity index (χ3n) is 2.75. The number of ether oxygens (including phenoxy) is 3. The Morgan fingerprint density at radius 2 is 2.20 bits per heavy atom. The molecule has 1 atom stereocenters. The van der Waals surface area contributed by atoms with Crippen molar-refractivity contribution in [1.82, 2.24) is 0 Å². The van der Waals surface area contributed by atoms with Crippen molar-refractivity contribution in [2.45, 2.75) is 13.2 Å². The van der Waals surface area contributed by atoms with Gasteiger partial charge in [0.1, 0.15) is 5.75 Å². The van der Waals surface area contributed by atoms with E-state index in [1.54, 1.807) is 12.3 Å². The molecular weight excluding hydrogens is 256 g/mol. The van der Waals surface area contributed by atoms with E-state index in [1.165, 1.54) is 13.2 Å². The van der Waals surface area contributed by atoms with E-state index < -0.39 is 6.29 Å². The van der Waals surface area contributed by atoms with Crippen molar-refractivity contribution in [2.24, 2.45) is 0 Å². The Morgan fingerprint density at radius 1 is 1.35 bits per heavy atom. The van der Waals surface area contributed by atoms with Crippen LogP contribution < -0.4 is 4.74 Å². The second-order valence-corrected chi connectivity index (χ2v) is 4.21. The van der Waals surface area contributed by atoms with Gasteiger partial charge in [-0.2, -0.15) is 0 Å². The van der Waals surface area contributed by atoms with Gasteiger partial charge in [0.15, 0.2) is 0 Å². The zero-order valence-corrected chi connectivity index (χ0v) is 11.4. The molecule has 0 amide bonds. The number of hydrogen-bond acceptors (Lipinski definition) is 4. The van der Waals surface area contributed by atoms with Gasteiger partial charge in [0.25, 0.3) is 6.29 Å². The highest BCUT2D eigenvalue weighted by molar-refractivity contribution is 5.90. The Hall–Kier alpha value is -2.49. The van der Waals surface area contributed by atoms with Crippen LogP contribution in [0.25, 0.3) is 5.57 Å². The first-order valence-corrected chi connectivity index (χ1v) is 6.21. The van der Waals surface area contributed by atoms with Crippen molar-refractivity contribution < 1.29 is 19.0 Å². The van der Waals surface area contributed by atoms with Crippen LogP contribution in [0.15, 0.2) is 54.8 Å². The molecule has 0 saturated carbocycles. The van der Waals surface area contributed by atoms with Gasteiger partial charge in [-0.05, 0) is 42.3 Å². The predicted molar refractivity (Wildman–Crippen MR) is 75.9 cm³/mol. The average Bonchev–Trinajstić information content (AvgIpc) is 2.48. The van der Waals surface area contributed by atoms with Crippen LogP contribution in [0.4, 0.5) is 0 Å². The molecule has 0 aliphatic carbocycles. The first-order valence-electron chi connectivity index (χ1n) is 6.21. The molecule has 1 unspecified atom stereocenters. The molecule has 1 aromatic carbocycles. The summed E-state index contributed by atoms with van der Waals surface area (Å²) in [6.45, 7) is 1.84. The van der Waals surface area contributed by atoms with Gasteiger partial charge in [-0.25, -0.2) is 4.79 Å². The van der Waals surface area contributed by atoms with E-state index in [1.807, 2.05) is 43.3 Å². The first-order chi connectivity index (χ1) is 9.69. The maximum absolute atomic E-state index is 11.2. The fraction of sp³-hybridized carbons (Fsp3) is 0.188. The van der Waals surface area contributed by atoms with Gasteiger partial charge in [-0.15, -0.1) is 0 Å². The molecule has 1 aliphatic rings. The lowest BCUT2D eigenvalue weighted by Gasteiger charge is -2.17. The number of hydrogen-bond donors (Lipinski definition) is 0. The van der Waals surface area contributed by atoms with Gasteiger partial charge in [-0.1, -0.05) is 18.2 Å². The van der Waals surface area contributed by atoms with E-state index in [4.69, 9.17) is 9.47 Å². The number of carbonyl (C=O) groups excluding carboxylic acids is 1. The summed E-state index contributed by atoms with van der Waals surface area (Å²) in [5.74, 6) is 0.294. The molecular formula is C16H16O4. The second-order valence-electron chi connectivity index (χ2n) is 4.21. The summed E-state index contributed by atoms with van der Waals surface area (Å²) in [4.78, 5) is 11.2. The quantitative estimate of drug-likeness (QED) is 0.624. The molecule has 1 aromatic rings. The van der Waals surface area contributed by atoms with Crippen LogP contribution in [0.3, 0.4) is 0 Å². The zero-order chi connectivity index (χ0) is 14.4. The largest absolute Gasteiger partial charge is 0.466 e. The number of benzene rings is 1. The van der Waals surface area contributed by atoms with Gasteiger partial charge in [-0.3, -0.25) is 0 Å². The van der Waals surface area contributed by atoms with E-state index in [9.17, 15) is 4.79 Å². The fourth-order valence-corrected chi connectivity index (χ4v) is 1.70. The Kier molecular flexibility index (Phi) is 4.60. The molecule has 4 nitrogen and oxygen atoms in total. The standard InChI is InChI=1S/C16H16O4/c1-12(10-15(17)18-2)13-6-5-7-14(11-13)20-16-8-3-4-9-19-16/h3-11,16H,1-2H3. The summed E-state index contributed by atoms with van der Waals surface area (Å²) < 4.78 is 15.6. The predicted octanol–water partition coefficient (Wildman–Crippen LogP) is 3.07. The van der Waals surface area contributed by atoms with Crippen molar-refractivity contribution in [2.75, 3.05) is 7.11 Å². The number of methoxy groups -OCH3 is 1. The van der Waals surface area contributed by atoms with Crippen LogP contribution in [0.2, 0.25) is 0 Å². The summed E-state index contributed by atoms with van der Waals surface area (Å²) in [6.07, 6.45) is 8.06. The molecule has 1 aliphatic heterocycles. The Labute approximate surface area is 118 Å². The highest BCUT2D eigenvalue weighted by Crippen LogP contribution is 2.21. The Balaban J connectivity index is 2.11. The van der Waals surface area contributed by atoms with Crippen LogP contribution >= 0.6 is 0 Å². The van der Waals surface area contributed by atoms with Crippen LogP contribution in [0.1, 0.15) is 12.5 Å². The van der Waals surface area contributed by atoms with E-state index in [-0.39, 0.29) is 5.97 Å². The molecule has 1 heterocycles. The average molecular weight is 272 g/mol. The first kappa shape index (κ1) is 13.9. The molecule has 2 rings (SSSR count). The Morgan fingerprint density at radius 3 is 2.90 bits per heavy atom. The molecule has 0 spiro atoms. The fourth-order valence-electron chi connectivity index (χ4n) is 1.70. The minimum absolute atomic E-state index is 0.377. The summed E-state index contributed by atoms with van der Waals surface area (Å²) in [7, 11) is 1.35. The third-order valence-corrected chi connectivity index (χ3v) is 2.75. The summed E-state index contributed by atoms with van der Waals surface area (Å²) in [6, 6.07) is 7.45. The highest BCUT2D eigenvalue weighted by Gasteiger charge is 2.08. The molecule has 0 fully saturated rings. The zero-order valence-electron chi connectivity index (χ0n) is 11.4. The van der Waals surface area contributed by atoms with Crippen molar-refractivity contribution >= 4 is 11.5 Å². The lowest BCUT2D eigenvalue weighted by atomic mass is 10.1. The van der Waals surface area contributed by atoms with Gasteiger partial charge in [0.05, 0.1) is 13.4 Å². The summed E-state index contributed by atoms with van der Waals surface area (Å²) in [5.41, 5.74) is 1.70. The van der Waals surface area contributed by atoms with Crippen molar-refractivity contribution in [3.63, 3.8) is 0 Å². The van der Waals surface area contributed by atoms with Gasteiger partial charge in [0.2, 0.25) is 0 Å². The van der Waals surface area contributed by atoms with E-state index >= 15 is 0 Å². The number of carbonyl (C=O) groups is 1. The molecule has 4 heteroatoms. The van der Waals surface area contributed by atoms with Crippen molar-refractivity contribution in [1.29, 1.82) is 0 Å². The lowest BCUT2D eigenvalue weighted by Crippen LogP contribution is -2.16. The molecule has 20 heavy (non-hydrogen) atoms. The molecule has 104 valence electrons. The SMILES string of the molecule is COC(=O)C=C(C)c1cccc(OC2C=CC=CO2)c1. The second kappa shape index (κ2) is 6.61. The number of esters is 1. The van der Waals surface area contributed by atoms with Crippen LogP contribution in [0.5, 0.6) is 5.75 Å². The Bertz CT molecular complexity index is 570.